The van der Waals surface area contributed by atoms with Crippen molar-refractivity contribution < 1.29 is 9.53 Å². The maximum atomic E-state index is 10.5. The van der Waals surface area contributed by atoms with Gasteiger partial charge in [-0.2, -0.15) is 0 Å². The molecular weight excluding hydrogens is 236 g/mol. The molecule has 0 aromatic heterocycles. The van der Waals surface area contributed by atoms with E-state index in [1.807, 2.05) is 18.2 Å². The lowest BCUT2D eigenvalue weighted by atomic mass is 9.99. The van der Waals surface area contributed by atoms with Gasteiger partial charge in [-0.15, -0.1) is 0 Å². The predicted molar refractivity (Wildman–Crippen MR) is 77.6 cm³/mol. The van der Waals surface area contributed by atoms with Crippen molar-refractivity contribution in [1.82, 2.24) is 0 Å². The molecule has 0 fully saturated rings. The van der Waals surface area contributed by atoms with Gasteiger partial charge < -0.3 is 4.74 Å². The monoisotopic (exact) mass is 255 g/mol. The molecule has 1 atom stereocenters. The summed E-state index contributed by atoms with van der Waals surface area (Å²) >= 11 is 0. The molecule has 2 rings (SSSR count). The van der Waals surface area contributed by atoms with Crippen molar-refractivity contribution in [2.45, 2.75) is 38.7 Å². The van der Waals surface area contributed by atoms with Gasteiger partial charge in [0.15, 0.2) is 0 Å². The van der Waals surface area contributed by atoms with Gasteiger partial charge in [0, 0.05) is 0 Å². The highest BCUT2D eigenvalue weighted by Gasteiger charge is 2.12. The van der Waals surface area contributed by atoms with Crippen molar-refractivity contribution in [2.24, 2.45) is 0 Å². The van der Waals surface area contributed by atoms with Crippen molar-refractivity contribution in [3.8, 4) is 0 Å². The molecule has 0 aliphatic heterocycles. The van der Waals surface area contributed by atoms with Gasteiger partial charge in [-0.05, 0) is 35.2 Å². The van der Waals surface area contributed by atoms with Gasteiger partial charge in [0.1, 0.15) is 6.10 Å². The third-order valence-electron chi connectivity index (χ3n) is 3.41. The third kappa shape index (κ3) is 3.57. The molecule has 0 saturated heterocycles. The minimum Gasteiger partial charge on any atom is -0.449 e. The summed E-state index contributed by atoms with van der Waals surface area (Å²) < 4.78 is 5.12. The Labute approximate surface area is 114 Å². The van der Waals surface area contributed by atoms with Crippen LogP contribution >= 0.6 is 0 Å². The van der Waals surface area contributed by atoms with Gasteiger partial charge >= 0.3 is 6.47 Å². The summed E-state index contributed by atoms with van der Waals surface area (Å²) in [7, 11) is 0. The zero-order valence-corrected chi connectivity index (χ0v) is 11.3. The first kappa shape index (κ1) is 13.6. The summed E-state index contributed by atoms with van der Waals surface area (Å²) in [6, 6.07) is 14.4. The molecule has 1 radical (unpaired) electrons. The van der Waals surface area contributed by atoms with Crippen LogP contribution < -0.4 is 0 Å². The molecule has 2 aromatic carbocycles. The highest BCUT2D eigenvalue weighted by atomic mass is 16.5. The highest BCUT2D eigenvalue weighted by molar-refractivity contribution is 5.83. The second-order valence-electron chi connectivity index (χ2n) is 4.79. The molecule has 0 saturated carbocycles. The molecule has 2 heteroatoms. The summed E-state index contributed by atoms with van der Waals surface area (Å²) in [4.78, 5) is 10.5. The van der Waals surface area contributed by atoms with Crippen molar-refractivity contribution >= 4 is 17.2 Å². The van der Waals surface area contributed by atoms with Gasteiger partial charge in [-0.25, -0.2) is 4.79 Å². The quantitative estimate of drug-likeness (QED) is 0.679. The predicted octanol–water partition coefficient (Wildman–Crippen LogP) is 4.55. The van der Waals surface area contributed by atoms with Crippen molar-refractivity contribution in [3.05, 3.63) is 48.0 Å². The number of fused-ring (bicyclic) bond motifs is 1. The molecule has 0 spiro atoms. The van der Waals surface area contributed by atoms with E-state index in [-0.39, 0.29) is 6.10 Å². The molecule has 2 aromatic rings. The Bertz CT molecular complexity index is 534. The number of hydrogen-bond donors (Lipinski definition) is 0. The van der Waals surface area contributed by atoms with E-state index in [2.05, 4.69) is 31.2 Å². The largest absolute Gasteiger partial charge is 0.449 e. The van der Waals surface area contributed by atoms with Crippen LogP contribution in [-0.2, 0) is 9.53 Å². The molecule has 0 heterocycles. The molecule has 0 aliphatic rings. The molecule has 0 amide bonds. The minimum atomic E-state index is -0.173. The first-order chi connectivity index (χ1) is 9.35. The fourth-order valence-corrected chi connectivity index (χ4v) is 2.34. The SMILES string of the molecule is CCCCCC(O[C]=O)c1ccc2ccccc2c1. The molecule has 0 bridgehead atoms. The van der Waals surface area contributed by atoms with E-state index < -0.39 is 0 Å². The number of carbonyl (C=O) groups excluding carboxylic acids is 1. The molecule has 99 valence electrons. The molecule has 0 aliphatic carbocycles. The number of rotatable bonds is 7. The van der Waals surface area contributed by atoms with Gasteiger partial charge in [0.05, 0.1) is 0 Å². The van der Waals surface area contributed by atoms with Crippen LogP contribution in [0.5, 0.6) is 0 Å². The third-order valence-corrected chi connectivity index (χ3v) is 3.41. The van der Waals surface area contributed by atoms with Crippen LogP contribution in [0, 0.1) is 0 Å². The highest BCUT2D eigenvalue weighted by Crippen LogP contribution is 2.26. The van der Waals surface area contributed by atoms with Crippen LogP contribution in [0.25, 0.3) is 10.8 Å². The zero-order chi connectivity index (χ0) is 13.5. The molecule has 19 heavy (non-hydrogen) atoms. The molecule has 2 nitrogen and oxygen atoms in total. The van der Waals surface area contributed by atoms with Crippen LogP contribution in [0.15, 0.2) is 42.5 Å². The van der Waals surface area contributed by atoms with Crippen molar-refractivity contribution in [1.29, 1.82) is 0 Å². The van der Waals surface area contributed by atoms with Crippen LogP contribution in [0.2, 0.25) is 0 Å². The summed E-state index contributed by atoms with van der Waals surface area (Å²) in [6.45, 7) is 3.76. The smallest absolute Gasteiger partial charge is 0.418 e. The first-order valence-corrected chi connectivity index (χ1v) is 6.86. The topological polar surface area (TPSA) is 26.3 Å². The zero-order valence-electron chi connectivity index (χ0n) is 11.3. The minimum absolute atomic E-state index is 0.173. The van der Waals surface area contributed by atoms with E-state index in [4.69, 9.17) is 4.74 Å². The van der Waals surface area contributed by atoms with E-state index in [1.165, 1.54) is 10.8 Å². The lowest BCUT2D eigenvalue weighted by Crippen LogP contribution is -2.03. The number of hydrogen-bond acceptors (Lipinski definition) is 2. The Morgan fingerprint density at radius 1 is 1.11 bits per heavy atom. The number of ether oxygens (including phenoxy) is 1. The average molecular weight is 255 g/mol. The Kier molecular flexibility index (Phi) is 4.96. The van der Waals surface area contributed by atoms with Crippen LogP contribution in [0.4, 0.5) is 0 Å². The van der Waals surface area contributed by atoms with Crippen molar-refractivity contribution in [3.63, 3.8) is 0 Å². The Morgan fingerprint density at radius 2 is 1.89 bits per heavy atom. The first-order valence-electron chi connectivity index (χ1n) is 6.86. The number of unbranched alkanes of at least 4 members (excludes halogenated alkanes) is 2. The second kappa shape index (κ2) is 6.93. The van der Waals surface area contributed by atoms with E-state index in [1.54, 1.807) is 6.47 Å². The van der Waals surface area contributed by atoms with Gasteiger partial charge in [-0.3, -0.25) is 0 Å². The molecule has 1 unspecified atom stereocenters. The normalized spacial score (nSPS) is 12.3. The lowest BCUT2D eigenvalue weighted by Gasteiger charge is -2.15. The van der Waals surface area contributed by atoms with Crippen LogP contribution in [-0.4, -0.2) is 6.47 Å². The van der Waals surface area contributed by atoms with Crippen molar-refractivity contribution in [2.75, 3.05) is 0 Å². The Morgan fingerprint density at radius 3 is 2.63 bits per heavy atom. The van der Waals surface area contributed by atoms with Gasteiger partial charge in [-0.1, -0.05) is 56.2 Å². The fourth-order valence-electron chi connectivity index (χ4n) is 2.34. The van der Waals surface area contributed by atoms with Gasteiger partial charge in [0.25, 0.3) is 0 Å². The Hall–Kier alpha value is -1.83. The van der Waals surface area contributed by atoms with Crippen LogP contribution in [0.3, 0.4) is 0 Å². The fraction of sp³-hybridized carbons (Fsp3) is 0.353. The Balaban J connectivity index is 2.20. The summed E-state index contributed by atoms with van der Waals surface area (Å²) in [5.41, 5.74) is 1.05. The molecular formula is C17H19O2. The average Bonchev–Trinajstić information content (AvgIpc) is 2.46. The summed E-state index contributed by atoms with van der Waals surface area (Å²) in [5.74, 6) is 0. The standard InChI is InChI=1S/C17H19O2/c1-2-3-4-9-17(19-13-18)16-11-10-14-7-5-6-8-15(14)12-16/h5-8,10-12,17H,2-4,9H2,1H3. The second-order valence-corrected chi connectivity index (χ2v) is 4.79. The van der Waals surface area contributed by atoms with E-state index in [0.29, 0.717) is 0 Å². The molecule has 0 N–H and O–H groups in total. The maximum Gasteiger partial charge on any atom is 0.418 e. The lowest BCUT2D eigenvalue weighted by molar-refractivity contribution is 0.166. The maximum absolute atomic E-state index is 10.5. The summed E-state index contributed by atoms with van der Waals surface area (Å²) in [6.07, 6.45) is 4.08. The van der Waals surface area contributed by atoms with E-state index in [9.17, 15) is 4.79 Å². The van der Waals surface area contributed by atoms with Gasteiger partial charge in [0.2, 0.25) is 0 Å². The van der Waals surface area contributed by atoms with E-state index in [0.717, 1.165) is 31.2 Å². The van der Waals surface area contributed by atoms with E-state index >= 15 is 0 Å². The summed E-state index contributed by atoms with van der Waals surface area (Å²) in [5, 5.41) is 2.38. The van der Waals surface area contributed by atoms with Crippen LogP contribution in [0.1, 0.15) is 44.3 Å². The number of benzene rings is 2.